The quantitative estimate of drug-likeness (QED) is 0.0343. The van der Waals surface area contributed by atoms with Gasteiger partial charge in [-0.3, -0.25) is 14.4 Å². The summed E-state index contributed by atoms with van der Waals surface area (Å²) >= 11 is 0. The number of carbonyl (C=O) groups excluding carboxylic acids is 3. The summed E-state index contributed by atoms with van der Waals surface area (Å²) in [5.41, 5.74) is 0. The lowest BCUT2D eigenvalue weighted by Gasteiger charge is -2.18. The van der Waals surface area contributed by atoms with Gasteiger partial charge < -0.3 is 14.2 Å². The fraction of sp³-hybridized carbons (Fsp3) is 0.960. The summed E-state index contributed by atoms with van der Waals surface area (Å²) in [6.45, 7) is 6.75. The third-order valence-electron chi connectivity index (χ3n) is 17.6. The molecule has 482 valence electrons. The van der Waals surface area contributed by atoms with Crippen molar-refractivity contribution in [1.82, 2.24) is 0 Å². The second kappa shape index (κ2) is 70.9. The van der Waals surface area contributed by atoms with Gasteiger partial charge in [0, 0.05) is 19.3 Å². The Hall–Kier alpha value is -1.59. The smallest absolute Gasteiger partial charge is 0.306 e. The van der Waals surface area contributed by atoms with Gasteiger partial charge in [-0.05, 0) is 19.3 Å². The van der Waals surface area contributed by atoms with E-state index in [2.05, 4.69) is 20.8 Å². The molecule has 1 atom stereocenters. The summed E-state index contributed by atoms with van der Waals surface area (Å²) < 4.78 is 17.0. The SMILES string of the molecule is CCCCCCCCCCCCCCCCCCCCCCCCCCCCCCC(=O)OCC(COC(=O)CCCCCCCCCCCCCCC)OC(=O)CCCCCCCCCCCCCCCCCCCCCCCC. The van der Waals surface area contributed by atoms with Gasteiger partial charge in [-0.15, -0.1) is 0 Å². The molecule has 0 saturated heterocycles. The van der Waals surface area contributed by atoms with E-state index in [1.54, 1.807) is 0 Å². The van der Waals surface area contributed by atoms with Gasteiger partial charge in [0.15, 0.2) is 6.10 Å². The molecule has 0 aromatic rings. The fourth-order valence-corrected chi connectivity index (χ4v) is 12.0. The van der Waals surface area contributed by atoms with Crippen LogP contribution in [0.25, 0.3) is 0 Å². The fourth-order valence-electron chi connectivity index (χ4n) is 12.0. The van der Waals surface area contributed by atoms with E-state index in [1.807, 2.05) is 0 Å². The highest BCUT2D eigenvalue weighted by Crippen LogP contribution is 2.20. The maximum atomic E-state index is 13.0. The summed E-state index contributed by atoms with van der Waals surface area (Å²) in [4.78, 5) is 38.5. The Morgan fingerprint density at radius 2 is 0.333 bits per heavy atom. The lowest BCUT2D eigenvalue weighted by molar-refractivity contribution is -0.167. The molecule has 0 aliphatic heterocycles. The number of unbranched alkanes of at least 4 members (excludes halogenated alkanes) is 60. The van der Waals surface area contributed by atoms with Crippen molar-refractivity contribution in [3.8, 4) is 0 Å². The van der Waals surface area contributed by atoms with E-state index in [0.717, 1.165) is 57.8 Å². The minimum absolute atomic E-state index is 0.0600. The van der Waals surface area contributed by atoms with Gasteiger partial charge in [0.25, 0.3) is 0 Å². The first-order valence-electron chi connectivity index (χ1n) is 37.5. The topological polar surface area (TPSA) is 78.9 Å². The lowest BCUT2D eigenvalue weighted by atomic mass is 10.0. The predicted molar refractivity (Wildman–Crippen MR) is 354 cm³/mol. The molecule has 81 heavy (non-hydrogen) atoms. The zero-order valence-corrected chi connectivity index (χ0v) is 55.6. The van der Waals surface area contributed by atoms with E-state index < -0.39 is 6.10 Å². The third-order valence-corrected chi connectivity index (χ3v) is 17.6. The maximum Gasteiger partial charge on any atom is 0.306 e. The van der Waals surface area contributed by atoms with Gasteiger partial charge in [0.05, 0.1) is 0 Å². The van der Waals surface area contributed by atoms with Crippen LogP contribution in [0.5, 0.6) is 0 Å². The van der Waals surface area contributed by atoms with Gasteiger partial charge >= 0.3 is 17.9 Å². The van der Waals surface area contributed by atoms with Crippen molar-refractivity contribution in [2.24, 2.45) is 0 Å². The second-order valence-electron chi connectivity index (χ2n) is 25.9. The highest BCUT2D eigenvalue weighted by molar-refractivity contribution is 5.71. The molecule has 0 rings (SSSR count). The Kier molecular flexibility index (Phi) is 69.5. The van der Waals surface area contributed by atoms with Crippen LogP contribution in [0.4, 0.5) is 0 Å². The van der Waals surface area contributed by atoms with Crippen LogP contribution in [-0.4, -0.2) is 37.2 Å². The molecule has 0 spiro atoms. The number of hydrogen-bond donors (Lipinski definition) is 0. The minimum atomic E-state index is -0.763. The van der Waals surface area contributed by atoms with Gasteiger partial charge in [-0.1, -0.05) is 406 Å². The Balaban J connectivity index is 4.15. The van der Waals surface area contributed by atoms with E-state index in [1.165, 1.54) is 347 Å². The van der Waals surface area contributed by atoms with Crippen molar-refractivity contribution >= 4 is 17.9 Å². The summed E-state index contributed by atoms with van der Waals surface area (Å²) in [5, 5.41) is 0. The van der Waals surface area contributed by atoms with Gasteiger partial charge in [0.1, 0.15) is 13.2 Å². The Morgan fingerprint density at radius 1 is 0.198 bits per heavy atom. The van der Waals surface area contributed by atoms with Crippen LogP contribution in [0.1, 0.15) is 445 Å². The molecule has 0 aliphatic carbocycles. The van der Waals surface area contributed by atoms with E-state index >= 15 is 0 Å². The van der Waals surface area contributed by atoms with Crippen molar-refractivity contribution in [1.29, 1.82) is 0 Å². The Labute approximate surface area is 508 Å². The highest BCUT2D eigenvalue weighted by Gasteiger charge is 2.20. The number of rotatable bonds is 71. The average Bonchev–Trinajstić information content (AvgIpc) is 3.46. The Bertz CT molecular complexity index is 1220. The van der Waals surface area contributed by atoms with Crippen molar-refractivity contribution in [2.75, 3.05) is 13.2 Å². The van der Waals surface area contributed by atoms with Gasteiger partial charge in [0.2, 0.25) is 0 Å². The predicted octanol–water partition coefficient (Wildman–Crippen LogP) is 25.8. The zero-order chi connectivity index (χ0) is 58.5. The summed E-state index contributed by atoms with van der Waals surface area (Å²) in [5.74, 6) is -0.817. The molecule has 0 radical (unpaired) electrons. The first kappa shape index (κ1) is 79.4. The lowest BCUT2D eigenvalue weighted by Crippen LogP contribution is -2.30. The number of ether oxygens (including phenoxy) is 3. The monoisotopic (exact) mass is 1140 g/mol. The molecule has 0 heterocycles. The standard InChI is InChI=1S/C75H146O6/c1-4-7-10-13-16-19-22-25-27-29-31-33-35-36-37-38-39-40-42-43-45-47-50-53-56-59-62-65-68-74(77)80-71-72(70-79-73(76)67-64-61-58-55-52-49-24-21-18-15-12-9-6-3)81-75(78)69-66-63-60-57-54-51-48-46-44-41-34-32-30-28-26-23-20-17-14-11-8-5-2/h72H,4-71H2,1-3H3. The molecular weight excluding hydrogens is 997 g/mol. The summed E-state index contributed by atoms with van der Waals surface area (Å²) in [6, 6.07) is 0. The first-order chi connectivity index (χ1) is 40.0. The molecule has 0 aliphatic rings. The molecule has 1 unspecified atom stereocenters. The van der Waals surface area contributed by atoms with E-state index in [9.17, 15) is 14.4 Å². The van der Waals surface area contributed by atoms with Crippen molar-refractivity contribution < 1.29 is 28.6 Å². The molecule has 6 nitrogen and oxygen atoms in total. The van der Waals surface area contributed by atoms with Crippen molar-refractivity contribution in [3.05, 3.63) is 0 Å². The van der Waals surface area contributed by atoms with E-state index in [4.69, 9.17) is 14.2 Å². The van der Waals surface area contributed by atoms with E-state index in [0.29, 0.717) is 19.3 Å². The van der Waals surface area contributed by atoms with Crippen LogP contribution in [0.3, 0.4) is 0 Å². The molecular formula is C75H146O6. The molecule has 6 heteroatoms. The molecule has 0 aromatic carbocycles. The maximum absolute atomic E-state index is 13.0. The molecule has 0 N–H and O–H groups in total. The summed E-state index contributed by atoms with van der Waals surface area (Å²) in [6.07, 6.45) is 84.4. The number of hydrogen-bond acceptors (Lipinski definition) is 6. The Morgan fingerprint density at radius 3 is 0.494 bits per heavy atom. The molecule has 0 fully saturated rings. The zero-order valence-electron chi connectivity index (χ0n) is 55.6. The van der Waals surface area contributed by atoms with Crippen LogP contribution >= 0.6 is 0 Å². The first-order valence-corrected chi connectivity index (χ1v) is 37.5. The number of esters is 3. The van der Waals surface area contributed by atoms with Crippen LogP contribution in [0.15, 0.2) is 0 Å². The molecule has 0 bridgehead atoms. The highest BCUT2D eigenvalue weighted by atomic mass is 16.6. The molecule has 0 aromatic heterocycles. The van der Waals surface area contributed by atoms with Crippen LogP contribution in [0, 0.1) is 0 Å². The third kappa shape index (κ3) is 69.1. The van der Waals surface area contributed by atoms with Crippen LogP contribution in [0.2, 0.25) is 0 Å². The molecule has 0 saturated carbocycles. The normalized spacial score (nSPS) is 11.9. The average molecular weight is 1140 g/mol. The summed E-state index contributed by atoms with van der Waals surface area (Å²) in [7, 11) is 0. The van der Waals surface area contributed by atoms with Crippen molar-refractivity contribution in [2.45, 2.75) is 451 Å². The number of carbonyl (C=O) groups is 3. The second-order valence-corrected chi connectivity index (χ2v) is 25.9. The minimum Gasteiger partial charge on any atom is -0.462 e. The largest absolute Gasteiger partial charge is 0.462 e. The van der Waals surface area contributed by atoms with Gasteiger partial charge in [-0.25, -0.2) is 0 Å². The molecule has 0 amide bonds. The van der Waals surface area contributed by atoms with Gasteiger partial charge in [-0.2, -0.15) is 0 Å². The van der Waals surface area contributed by atoms with Crippen LogP contribution in [-0.2, 0) is 28.6 Å². The van der Waals surface area contributed by atoms with Crippen molar-refractivity contribution in [3.63, 3.8) is 0 Å². The van der Waals surface area contributed by atoms with Crippen LogP contribution < -0.4 is 0 Å². The van der Waals surface area contributed by atoms with E-state index in [-0.39, 0.29) is 31.1 Å².